The highest BCUT2D eigenvalue weighted by molar-refractivity contribution is 5.78. The first-order chi connectivity index (χ1) is 5.61. The topological polar surface area (TPSA) is 81.4 Å². The van der Waals surface area contributed by atoms with E-state index in [-0.39, 0.29) is 12.4 Å². The van der Waals surface area contributed by atoms with Crippen LogP contribution in [-0.4, -0.2) is 32.1 Å². The van der Waals surface area contributed by atoms with Crippen molar-refractivity contribution >= 4 is 11.9 Å². The maximum Gasteiger partial charge on any atom is 0.322 e. The number of ether oxygens (including phenoxy) is 1. The molecule has 0 unspecified atom stereocenters. The molecular weight excluding hydrogens is 160 g/mol. The Hall–Kier alpha value is -1.10. The van der Waals surface area contributed by atoms with Gasteiger partial charge in [0.25, 0.3) is 0 Å². The average molecular weight is 174 g/mol. The number of rotatable bonds is 5. The van der Waals surface area contributed by atoms with Gasteiger partial charge in [-0.1, -0.05) is 0 Å². The molecule has 0 saturated heterocycles. The zero-order valence-corrected chi connectivity index (χ0v) is 7.29. The molecule has 0 bridgehead atoms. The van der Waals surface area contributed by atoms with Gasteiger partial charge in [-0.2, -0.15) is 0 Å². The zero-order valence-electron chi connectivity index (χ0n) is 7.29. The van der Waals surface area contributed by atoms with E-state index >= 15 is 0 Å². The van der Waals surface area contributed by atoms with E-state index in [0.29, 0.717) is 6.42 Å². The van der Waals surface area contributed by atoms with Crippen LogP contribution in [0, 0.1) is 0 Å². The summed E-state index contributed by atoms with van der Waals surface area (Å²) in [5.74, 6) is -0.794. The Kier molecular flexibility index (Phi) is 5.03. The molecule has 0 radical (unpaired) electrons. The van der Waals surface area contributed by atoms with Crippen molar-refractivity contribution in [1.82, 2.24) is 5.32 Å². The summed E-state index contributed by atoms with van der Waals surface area (Å²) >= 11 is 0. The van der Waals surface area contributed by atoms with Crippen molar-refractivity contribution < 1.29 is 14.3 Å². The molecule has 70 valence electrons. The molecule has 1 amide bonds. The molecule has 0 heterocycles. The van der Waals surface area contributed by atoms with Gasteiger partial charge in [-0.3, -0.25) is 9.59 Å². The number of likely N-dealkylation sites (N-methyl/N-ethyl adjacent to an activating group) is 1. The van der Waals surface area contributed by atoms with E-state index in [2.05, 4.69) is 10.1 Å². The van der Waals surface area contributed by atoms with Crippen LogP contribution in [0.5, 0.6) is 0 Å². The van der Waals surface area contributed by atoms with Gasteiger partial charge in [0.05, 0.1) is 7.11 Å². The highest BCUT2D eigenvalue weighted by Crippen LogP contribution is 1.97. The number of hydrogen-bond acceptors (Lipinski definition) is 4. The number of methoxy groups -OCH3 is 1. The molecule has 0 aromatic carbocycles. The van der Waals surface area contributed by atoms with Gasteiger partial charge in [-0.15, -0.1) is 0 Å². The SMILES string of the molecule is CN[C@@H](CCC(N)=O)C(=O)OC. The fraction of sp³-hybridized carbons (Fsp3) is 0.714. The van der Waals surface area contributed by atoms with Crippen LogP contribution >= 0.6 is 0 Å². The van der Waals surface area contributed by atoms with Crippen molar-refractivity contribution in [3.05, 3.63) is 0 Å². The standard InChI is InChI=1S/C7H14N2O3/c1-9-5(7(11)12-2)3-4-6(8)10/h5,9H,3-4H2,1-2H3,(H2,8,10)/t5-/m0/s1. The minimum Gasteiger partial charge on any atom is -0.468 e. The van der Waals surface area contributed by atoms with E-state index in [1.54, 1.807) is 7.05 Å². The second-order valence-electron chi connectivity index (χ2n) is 2.37. The van der Waals surface area contributed by atoms with Crippen molar-refractivity contribution in [2.24, 2.45) is 5.73 Å². The van der Waals surface area contributed by atoms with Gasteiger partial charge in [0.15, 0.2) is 0 Å². The summed E-state index contributed by atoms with van der Waals surface area (Å²) in [6.45, 7) is 0. The van der Waals surface area contributed by atoms with E-state index in [0.717, 1.165) is 0 Å². The number of esters is 1. The number of amides is 1. The van der Waals surface area contributed by atoms with E-state index < -0.39 is 11.9 Å². The van der Waals surface area contributed by atoms with Crippen molar-refractivity contribution in [2.45, 2.75) is 18.9 Å². The predicted molar refractivity (Wildman–Crippen MR) is 43.3 cm³/mol. The minimum absolute atomic E-state index is 0.181. The van der Waals surface area contributed by atoms with Crippen LogP contribution in [0.3, 0.4) is 0 Å². The summed E-state index contributed by atoms with van der Waals surface area (Å²) in [7, 11) is 2.93. The normalized spacial score (nSPS) is 12.2. The van der Waals surface area contributed by atoms with E-state index in [9.17, 15) is 9.59 Å². The summed E-state index contributed by atoms with van der Waals surface area (Å²) in [6.07, 6.45) is 0.555. The smallest absolute Gasteiger partial charge is 0.322 e. The fourth-order valence-corrected chi connectivity index (χ4v) is 0.809. The zero-order chi connectivity index (χ0) is 9.56. The van der Waals surface area contributed by atoms with Crippen LogP contribution in [0.1, 0.15) is 12.8 Å². The number of primary amides is 1. The van der Waals surface area contributed by atoms with E-state index in [1.165, 1.54) is 7.11 Å². The number of nitrogens with two attached hydrogens (primary N) is 1. The maximum absolute atomic E-state index is 10.9. The molecule has 0 aliphatic rings. The third-order valence-corrected chi connectivity index (χ3v) is 1.51. The monoisotopic (exact) mass is 174 g/mol. The van der Waals surface area contributed by atoms with Crippen molar-refractivity contribution in [3.63, 3.8) is 0 Å². The van der Waals surface area contributed by atoms with Gasteiger partial charge in [-0.05, 0) is 13.5 Å². The Morgan fingerprint density at radius 1 is 1.58 bits per heavy atom. The first kappa shape index (κ1) is 10.9. The van der Waals surface area contributed by atoms with Gasteiger partial charge in [0, 0.05) is 6.42 Å². The van der Waals surface area contributed by atoms with Crippen molar-refractivity contribution in [1.29, 1.82) is 0 Å². The summed E-state index contributed by atoms with van der Waals surface area (Å²) in [5.41, 5.74) is 4.92. The Morgan fingerprint density at radius 3 is 2.50 bits per heavy atom. The highest BCUT2D eigenvalue weighted by atomic mass is 16.5. The quantitative estimate of drug-likeness (QED) is 0.524. The summed E-state index contributed by atoms with van der Waals surface area (Å²) in [5, 5.41) is 2.73. The Balaban J connectivity index is 3.83. The lowest BCUT2D eigenvalue weighted by Gasteiger charge is -2.11. The summed E-state index contributed by atoms with van der Waals surface area (Å²) < 4.78 is 4.48. The van der Waals surface area contributed by atoms with Crippen LogP contribution in [-0.2, 0) is 14.3 Å². The number of carbonyl (C=O) groups is 2. The molecule has 0 aliphatic heterocycles. The highest BCUT2D eigenvalue weighted by Gasteiger charge is 2.16. The molecule has 0 spiro atoms. The second-order valence-corrected chi connectivity index (χ2v) is 2.37. The molecule has 0 aromatic rings. The van der Waals surface area contributed by atoms with Crippen LogP contribution in [0.25, 0.3) is 0 Å². The van der Waals surface area contributed by atoms with Crippen LogP contribution in [0.15, 0.2) is 0 Å². The van der Waals surface area contributed by atoms with Gasteiger partial charge in [-0.25, -0.2) is 0 Å². The van der Waals surface area contributed by atoms with E-state index in [1.807, 2.05) is 0 Å². The first-order valence-electron chi connectivity index (χ1n) is 3.65. The average Bonchev–Trinajstić information content (AvgIpc) is 2.04. The second kappa shape index (κ2) is 5.54. The number of hydrogen-bond donors (Lipinski definition) is 2. The molecule has 5 nitrogen and oxygen atoms in total. The Morgan fingerprint density at radius 2 is 2.17 bits per heavy atom. The predicted octanol–water partition coefficient (Wildman–Crippen LogP) is -0.987. The lowest BCUT2D eigenvalue weighted by molar-refractivity contribution is -0.143. The van der Waals surface area contributed by atoms with Gasteiger partial charge in [0.1, 0.15) is 6.04 Å². The van der Waals surface area contributed by atoms with Crippen LogP contribution in [0.4, 0.5) is 0 Å². The van der Waals surface area contributed by atoms with Crippen molar-refractivity contribution in [2.75, 3.05) is 14.2 Å². The number of carbonyl (C=O) groups excluding carboxylic acids is 2. The minimum atomic E-state index is -0.442. The van der Waals surface area contributed by atoms with Crippen LogP contribution < -0.4 is 11.1 Å². The third-order valence-electron chi connectivity index (χ3n) is 1.51. The molecule has 0 aliphatic carbocycles. The Labute approximate surface area is 71.3 Å². The summed E-state index contributed by atoms with van der Waals surface area (Å²) in [6, 6.07) is -0.442. The maximum atomic E-state index is 10.9. The molecule has 0 fully saturated rings. The molecule has 0 rings (SSSR count). The lowest BCUT2D eigenvalue weighted by atomic mass is 10.1. The molecule has 1 atom stereocenters. The molecule has 12 heavy (non-hydrogen) atoms. The Bertz CT molecular complexity index is 170. The fourth-order valence-electron chi connectivity index (χ4n) is 0.809. The molecule has 0 saturated carbocycles. The largest absolute Gasteiger partial charge is 0.468 e. The first-order valence-corrected chi connectivity index (χ1v) is 3.65. The molecule has 5 heteroatoms. The molecular formula is C7H14N2O3. The van der Waals surface area contributed by atoms with Gasteiger partial charge in [0.2, 0.25) is 5.91 Å². The molecule has 0 aromatic heterocycles. The van der Waals surface area contributed by atoms with Gasteiger partial charge >= 0.3 is 5.97 Å². The van der Waals surface area contributed by atoms with Gasteiger partial charge < -0.3 is 15.8 Å². The number of nitrogens with one attached hydrogen (secondary N) is 1. The van der Waals surface area contributed by atoms with E-state index in [4.69, 9.17) is 5.73 Å². The van der Waals surface area contributed by atoms with Crippen LogP contribution in [0.2, 0.25) is 0 Å². The van der Waals surface area contributed by atoms with Crippen molar-refractivity contribution in [3.8, 4) is 0 Å². The molecule has 3 N–H and O–H groups in total. The third kappa shape index (κ3) is 3.92. The lowest BCUT2D eigenvalue weighted by Crippen LogP contribution is -2.35. The summed E-state index contributed by atoms with van der Waals surface area (Å²) in [4.78, 5) is 21.3.